The minimum Gasteiger partial charge on any atom is -0.508 e. The average molecular weight is 469 g/mol. The van der Waals surface area contributed by atoms with Crippen molar-refractivity contribution in [2.45, 2.75) is 103 Å². The van der Waals surface area contributed by atoms with Gasteiger partial charge in [-0.25, -0.2) is 4.79 Å². The molecule has 2 aromatic carbocycles. The Hall–Kier alpha value is -2.49. The van der Waals surface area contributed by atoms with E-state index >= 15 is 0 Å². The van der Waals surface area contributed by atoms with Crippen LogP contribution in [0.1, 0.15) is 113 Å². The van der Waals surface area contributed by atoms with E-state index in [9.17, 15) is 9.90 Å². The van der Waals surface area contributed by atoms with Gasteiger partial charge in [0.1, 0.15) is 18.1 Å². The van der Waals surface area contributed by atoms with Gasteiger partial charge in [0.25, 0.3) is 0 Å². The summed E-state index contributed by atoms with van der Waals surface area (Å²) in [4.78, 5) is 12.2. The second kappa shape index (κ2) is 17.9. The zero-order chi connectivity index (χ0) is 24.3. The zero-order valence-corrected chi connectivity index (χ0v) is 21.1. The highest BCUT2D eigenvalue weighted by atomic mass is 16.5. The van der Waals surface area contributed by atoms with E-state index in [1.165, 1.54) is 77.0 Å². The first-order valence-corrected chi connectivity index (χ1v) is 13.4. The van der Waals surface area contributed by atoms with E-state index in [0.29, 0.717) is 24.5 Å². The van der Waals surface area contributed by atoms with Crippen LogP contribution in [-0.2, 0) is 11.3 Å². The first-order valence-electron chi connectivity index (χ1n) is 13.4. The van der Waals surface area contributed by atoms with Crippen LogP contribution in [-0.4, -0.2) is 17.7 Å². The summed E-state index contributed by atoms with van der Waals surface area (Å²) in [5, 5.41) is 9.31. The molecule has 1 N–H and O–H groups in total. The molecular weight excluding hydrogens is 424 g/mol. The number of benzene rings is 2. The van der Waals surface area contributed by atoms with E-state index in [-0.39, 0.29) is 11.7 Å². The van der Waals surface area contributed by atoms with Crippen LogP contribution in [0.3, 0.4) is 0 Å². The number of rotatable bonds is 19. The number of esters is 1. The van der Waals surface area contributed by atoms with Crippen molar-refractivity contribution in [1.82, 2.24) is 0 Å². The molecule has 2 rings (SSSR count). The van der Waals surface area contributed by atoms with Crippen LogP contribution in [0.4, 0.5) is 0 Å². The Morgan fingerprint density at radius 3 is 1.71 bits per heavy atom. The third-order valence-corrected chi connectivity index (χ3v) is 6.16. The zero-order valence-electron chi connectivity index (χ0n) is 21.1. The maximum atomic E-state index is 12.2. The molecule has 4 heteroatoms. The van der Waals surface area contributed by atoms with Crippen molar-refractivity contribution >= 4 is 5.97 Å². The molecule has 0 saturated heterocycles. The molecule has 0 bridgehead atoms. The topological polar surface area (TPSA) is 55.8 Å². The van der Waals surface area contributed by atoms with Gasteiger partial charge < -0.3 is 14.6 Å². The number of ether oxygens (including phenoxy) is 2. The average Bonchev–Trinajstić information content (AvgIpc) is 2.86. The monoisotopic (exact) mass is 468 g/mol. The molecular formula is C30H44O4. The fourth-order valence-corrected chi connectivity index (χ4v) is 3.99. The minimum absolute atomic E-state index is 0.212. The van der Waals surface area contributed by atoms with Crippen molar-refractivity contribution in [3.05, 3.63) is 59.7 Å². The highest BCUT2D eigenvalue weighted by Crippen LogP contribution is 2.18. The van der Waals surface area contributed by atoms with Crippen LogP contribution in [0.25, 0.3) is 0 Å². The number of carbonyl (C=O) groups excluding carboxylic acids is 1. The van der Waals surface area contributed by atoms with E-state index in [1.54, 1.807) is 36.4 Å². The van der Waals surface area contributed by atoms with Gasteiger partial charge in [-0.3, -0.25) is 0 Å². The number of phenols is 1. The Bertz CT molecular complexity index is 767. The van der Waals surface area contributed by atoms with Crippen molar-refractivity contribution in [3.63, 3.8) is 0 Å². The summed E-state index contributed by atoms with van der Waals surface area (Å²) >= 11 is 0. The molecule has 4 nitrogen and oxygen atoms in total. The molecule has 0 amide bonds. The fraction of sp³-hybridized carbons (Fsp3) is 0.567. The molecule has 188 valence electrons. The van der Waals surface area contributed by atoms with Crippen LogP contribution < -0.4 is 4.74 Å². The fourth-order valence-electron chi connectivity index (χ4n) is 3.99. The third-order valence-electron chi connectivity index (χ3n) is 6.16. The first kappa shape index (κ1) is 27.8. The number of phenolic OH excluding ortho intramolecular Hbond substituents is 1. The molecule has 0 heterocycles. The van der Waals surface area contributed by atoms with E-state index in [2.05, 4.69) is 6.92 Å². The molecule has 0 aliphatic carbocycles. The molecule has 0 spiro atoms. The van der Waals surface area contributed by atoms with Crippen LogP contribution >= 0.6 is 0 Å². The molecule has 34 heavy (non-hydrogen) atoms. The number of aromatic hydroxyl groups is 1. The number of hydrogen-bond acceptors (Lipinski definition) is 4. The van der Waals surface area contributed by atoms with E-state index in [1.807, 2.05) is 12.1 Å². The Kier molecular flexibility index (Phi) is 14.6. The predicted octanol–water partition coefficient (Wildman–Crippen LogP) is 8.61. The van der Waals surface area contributed by atoms with Gasteiger partial charge in [-0.15, -0.1) is 0 Å². The van der Waals surface area contributed by atoms with E-state index in [0.717, 1.165) is 18.4 Å². The molecule has 2 aromatic rings. The van der Waals surface area contributed by atoms with Gasteiger partial charge in [0, 0.05) is 0 Å². The predicted molar refractivity (Wildman–Crippen MR) is 139 cm³/mol. The Labute approximate surface area is 206 Å². The van der Waals surface area contributed by atoms with Crippen molar-refractivity contribution in [2.24, 2.45) is 0 Å². The Morgan fingerprint density at radius 2 is 1.18 bits per heavy atom. The molecule has 0 aliphatic rings. The van der Waals surface area contributed by atoms with Gasteiger partial charge in [-0.2, -0.15) is 0 Å². The molecule has 0 unspecified atom stereocenters. The largest absolute Gasteiger partial charge is 0.508 e. The lowest BCUT2D eigenvalue weighted by molar-refractivity contribution is 0.0497. The maximum absolute atomic E-state index is 12.2. The quantitative estimate of drug-likeness (QED) is 0.166. The lowest BCUT2D eigenvalue weighted by Crippen LogP contribution is -2.06. The highest BCUT2D eigenvalue weighted by Gasteiger charge is 2.07. The Morgan fingerprint density at radius 1 is 0.676 bits per heavy atom. The second-order valence-corrected chi connectivity index (χ2v) is 9.21. The van der Waals surface area contributed by atoms with Crippen LogP contribution in [0.2, 0.25) is 0 Å². The first-order chi connectivity index (χ1) is 16.7. The number of carbonyl (C=O) groups is 1. The van der Waals surface area contributed by atoms with Crippen LogP contribution in [0.5, 0.6) is 11.5 Å². The van der Waals surface area contributed by atoms with Crippen molar-refractivity contribution in [2.75, 3.05) is 6.61 Å². The lowest BCUT2D eigenvalue weighted by atomic mass is 10.0. The highest BCUT2D eigenvalue weighted by molar-refractivity contribution is 5.89. The van der Waals surface area contributed by atoms with Crippen LogP contribution in [0, 0.1) is 0 Å². The van der Waals surface area contributed by atoms with Gasteiger partial charge in [-0.05, 0) is 48.4 Å². The van der Waals surface area contributed by atoms with Gasteiger partial charge in [0.05, 0.1) is 12.2 Å². The number of unbranched alkanes of at least 4 members (excludes halogenated alkanes) is 13. The summed E-state index contributed by atoms with van der Waals surface area (Å²) in [6.07, 6.45) is 18.4. The van der Waals surface area contributed by atoms with Gasteiger partial charge in [-0.1, -0.05) is 103 Å². The van der Waals surface area contributed by atoms with Crippen molar-refractivity contribution in [3.8, 4) is 11.5 Å². The van der Waals surface area contributed by atoms with E-state index < -0.39 is 0 Å². The minimum atomic E-state index is -0.263. The molecule has 0 atom stereocenters. The lowest BCUT2D eigenvalue weighted by Gasteiger charge is -2.08. The number of hydrogen-bond donors (Lipinski definition) is 1. The molecule has 0 saturated carbocycles. The second-order valence-electron chi connectivity index (χ2n) is 9.21. The van der Waals surface area contributed by atoms with E-state index in [4.69, 9.17) is 9.47 Å². The summed E-state index contributed by atoms with van der Waals surface area (Å²) in [5.41, 5.74) is 1.54. The summed E-state index contributed by atoms with van der Waals surface area (Å²) in [6.45, 7) is 3.16. The summed E-state index contributed by atoms with van der Waals surface area (Å²) in [6, 6.07) is 13.9. The summed E-state index contributed by atoms with van der Waals surface area (Å²) in [7, 11) is 0. The van der Waals surface area contributed by atoms with Crippen molar-refractivity contribution < 1.29 is 19.4 Å². The maximum Gasteiger partial charge on any atom is 0.338 e. The standard InChI is InChI=1S/C30H44O4/c1-2-3-4-5-6-7-8-9-10-11-12-13-14-15-24-33-30(32)27-18-16-26(17-19-27)25-34-29-22-20-28(31)21-23-29/h16-23,31H,2-15,24-25H2,1H3. The van der Waals surface area contributed by atoms with Crippen LogP contribution in [0.15, 0.2) is 48.5 Å². The van der Waals surface area contributed by atoms with Gasteiger partial charge >= 0.3 is 5.97 Å². The molecule has 0 aromatic heterocycles. The third kappa shape index (κ3) is 12.7. The summed E-state index contributed by atoms with van der Waals surface area (Å²) in [5.74, 6) is 0.638. The normalized spacial score (nSPS) is 10.9. The van der Waals surface area contributed by atoms with Gasteiger partial charge in [0.15, 0.2) is 0 Å². The smallest absolute Gasteiger partial charge is 0.338 e. The summed E-state index contributed by atoms with van der Waals surface area (Å²) < 4.78 is 11.1. The molecule has 0 radical (unpaired) electrons. The molecule has 0 fully saturated rings. The molecule has 0 aliphatic heterocycles. The van der Waals surface area contributed by atoms with Crippen molar-refractivity contribution in [1.29, 1.82) is 0 Å². The SMILES string of the molecule is CCCCCCCCCCCCCCCCOC(=O)c1ccc(COc2ccc(O)cc2)cc1. The Balaban J connectivity index is 1.44. The van der Waals surface area contributed by atoms with Gasteiger partial charge in [0.2, 0.25) is 0 Å².